The third-order valence-corrected chi connectivity index (χ3v) is 3.74. The topological polar surface area (TPSA) is 58.4 Å². The zero-order valence-corrected chi connectivity index (χ0v) is 14.1. The van der Waals surface area contributed by atoms with E-state index in [2.05, 4.69) is 5.32 Å². The van der Waals surface area contributed by atoms with E-state index in [9.17, 15) is 4.79 Å². The Balaban J connectivity index is 2.56. The van der Waals surface area contributed by atoms with Crippen molar-refractivity contribution in [2.24, 2.45) is 11.7 Å². The summed E-state index contributed by atoms with van der Waals surface area (Å²) in [6.45, 7) is 3.92. The van der Waals surface area contributed by atoms with Gasteiger partial charge in [0.15, 0.2) is 0 Å². The fourth-order valence-corrected chi connectivity index (χ4v) is 2.44. The number of nitrogens with two attached hydrogens (primary N) is 1. The van der Waals surface area contributed by atoms with Crippen LogP contribution in [0.5, 0.6) is 0 Å². The summed E-state index contributed by atoms with van der Waals surface area (Å²) in [7, 11) is 3.86. The summed E-state index contributed by atoms with van der Waals surface area (Å²) >= 11 is 6.20. The average molecular weight is 312 g/mol. The van der Waals surface area contributed by atoms with Gasteiger partial charge < -0.3 is 16.0 Å². The van der Waals surface area contributed by atoms with Gasteiger partial charge in [0.2, 0.25) is 5.91 Å². The van der Waals surface area contributed by atoms with Crippen molar-refractivity contribution in [3.63, 3.8) is 0 Å². The van der Waals surface area contributed by atoms with Gasteiger partial charge in [-0.1, -0.05) is 24.9 Å². The summed E-state index contributed by atoms with van der Waals surface area (Å²) in [6, 6.07) is 5.74. The van der Waals surface area contributed by atoms with Gasteiger partial charge in [-0.2, -0.15) is 0 Å². The molecule has 0 saturated carbocycles. The monoisotopic (exact) mass is 311 g/mol. The molecule has 0 aliphatic carbocycles. The van der Waals surface area contributed by atoms with Crippen LogP contribution in [0, 0.1) is 5.92 Å². The molecule has 118 valence electrons. The Bertz CT molecular complexity index is 475. The summed E-state index contributed by atoms with van der Waals surface area (Å²) in [4.78, 5) is 14.1. The molecule has 0 saturated heterocycles. The number of nitrogens with zero attached hydrogens (tertiary/aromatic N) is 1. The van der Waals surface area contributed by atoms with Crippen molar-refractivity contribution in [2.75, 3.05) is 24.3 Å². The Morgan fingerprint density at radius 1 is 1.33 bits per heavy atom. The van der Waals surface area contributed by atoms with Gasteiger partial charge in [-0.15, -0.1) is 0 Å². The lowest BCUT2D eigenvalue weighted by molar-refractivity contribution is -0.119. The highest BCUT2D eigenvalue weighted by Gasteiger charge is 2.14. The van der Waals surface area contributed by atoms with Crippen LogP contribution in [0.1, 0.15) is 33.1 Å². The molecular formula is C16H26ClN3O. The second-order valence-electron chi connectivity index (χ2n) is 5.86. The molecule has 5 heteroatoms. The molecule has 0 bridgehead atoms. The van der Waals surface area contributed by atoms with E-state index < -0.39 is 0 Å². The third-order valence-electron chi connectivity index (χ3n) is 3.44. The van der Waals surface area contributed by atoms with E-state index >= 15 is 0 Å². The molecule has 1 aromatic carbocycles. The lowest BCUT2D eigenvalue weighted by Crippen LogP contribution is -2.21. The minimum atomic E-state index is -0.0314. The number of carbonyl (C=O) groups is 1. The van der Waals surface area contributed by atoms with Crippen LogP contribution in [-0.4, -0.2) is 26.0 Å². The zero-order valence-electron chi connectivity index (χ0n) is 13.3. The van der Waals surface area contributed by atoms with E-state index in [1.165, 1.54) is 0 Å². The molecule has 0 aromatic heterocycles. The van der Waals surface area contributed by atoms with Crippen LogP contribution >= 0.6 is 11.6 Å². The van der Waals surface area contributed by atoms with Gasteiger partial charge in [0.05, 0.1) is 10.7 Å². The Morgan fingerprint density at radius 3 is 2.52 bits per heavy atom. The summed E-state index contributed by atoms with van der Waals surface area (Å²) in [5, 5.41) is 3.54. The van der Waals surface area contributed by atoms with Gasteiger partial charge in [-0.25, -0.2) is 0 Å². The maximum absolute atomic E-state index is 12.1. The predicted octanol–water partition coefficient (Wildman–Crippen LogP) is 3.50. The smallest absolute Gasteiger partial charge is 0.227 e. The van der Waals surface area contributed by atoms with Gasteiger partial charge in [-0.05, 0) is 38.0 Å². The molecule has 3 N–H and O–H groups in total. The fourth-order valence-electron chi connectivity index (χ4n) is 2.09. The van der Waals surface area contributed by atoms with E-state index in [1.807, 2.05) is 45.0 Å². The molecule has 4 nitrogen and oxygen atoms in total. The molecule has 0 aliphatic heterocycles. The second kappa shape index (κ2) is 8.25. The molecule has 0 fully saturated rings. The molecule has 1 aromatic rings. The summed E-state index contributed by atoms with van der Waals surface area (Å²) in [6.07, 6.45) is 2.75. The molecule has 1 rings (SSSR count). The van der Waals surface area contributed by atoms with Crippen LogP contribution in [0.4, 0.5) is 11.4 Å². The third kappa shape index (κ3) is 5.94. The van der Waals surface area contributed by atoms with Gasteiger partial charge in [0.25, 0.3) is 0 Å². The number of hydrogen-bond acceptors (Lipinski definition) is 3. The number of nitrogens with one attached hydrogen (secondary N) is 1. The molecule has 2 unspecified atom stereocenters. The maximum Gasteiger partial charge on any atom is 0.227 e. The standard InChI is InChI=1S/C16H26ClN3O/c1-11(6-5-7-12(2)18)16(21)19-13-8-9-15(20(3)4)14(17)10-13/h8-12H,5-7,18H2,1-4H3,(H,19,21). The van der Waals surface area contributed by atoms with E-state index in [0.29, 0.717) is 5.02 Å². The van der Waals surface area contributed by atoms with Crippen LogP contribution in [0.2, 0.25) is 5.02 Å². The summed E-state index contributed by atoms with van der Waals surface area (Å²) in [5.74, 6) is -0.00982. The van der Waals surface area contributed by atoms with Gasteiger partial charge in [0.1, 0.15) is 0 Å². The second-order valence-corrected chi connectivity index (χ2v) is 6.27. The average Bonchev–Trinajstić information content (AvgIpc) is 2.37. The lowest BCUT2D eigenvalue weighted by atomic mass is 10.0. The highest BCUT2D eigenvalue weighted by Crippen LogP contribution is 2.27. The van der Waals surface area contributed by atoms with E-state index in [-0.39, 0.29) is 17.9 Å². The minimum absolute atomic E-state index is 0.0216. The molecular weight excluding hydrogens is 286 g/mol. The first-order valence-corrected chi connectivity index (χ1v) is 7.72. The number of halogens is 1. The first-order chi connectivity index (χ1) is 9.81. The quantitative estimate of drug-likeness (QED) is 0.810. The predicted molar refractivity (Wildman–Crippen MR) is 91.1 cm³/mol. The lowest BCUT2D eigenvalue weighted by Gasteiger charge is -2.16. The van der Waals surface area contributed by atoms with Crippen LogP contribution in [0.25, 0.3) is 0 Å². The first kappa shape index (κ1) is 17.8. The van der Waals surface area contributed by atoms with Crippen molar-refractivity contribution in [1.82, 2.24) is 0 Å². The number of anilines is 2. The normalized spacial score (nSPS) is 13.6. The zero-order chi connectivity index (χ0) is 16.0. The SMILES string of the molecule is CC(N)CCCC(C)C(=O)Nc1ccc(N(C)C)c(Cl)c1. The largest absolute Gasteiger partial charge is 0.376 e. The van der Waals surface area contributed by atoms with E-state index in [4.69, 9.17) is 17.3 Å². The molecule has 1 amide bonds. The van der Waals surface area contributed by atoms with Crippen molar-refractivity contribution in [1.29, 1.82) is 0 Å². The maximum atomic E-state index is 12.1. The molecule has 2 atom stereocenters. The van der Waals surface area contributed by atoms with Crippen molar-refractivity contribution in [2.45, 2.75) is 39.2 Å². The van der Waals surface area contributed by atoms with Gasteiger partial charge in [-0.3, -0.25) is 4.79 Å². The molecule has 0 aliphatic rings. The molecule has 0 spiro atoms. The Hall–Kier alpha value is -1.26. The van der Waals surface area contributed by atoms with Crippen LogP contribution in [0.15, 0.2) is 18.2 Å². The number of amides is 1. The van der Waals surface area contributed by atoms with Gasteiger partial charge >= 0.3 is 0 Å². The van der Waals surface area contributed by atoms with Crippen LogP contribution < -0.4 is 16.0 Å². The first-order valence-electron chi connectivity index (χ1n) is 7.34. The number of benzene rings is 1. The van der Waals surface area contributed by atoms with E-state index in [1.54, 1.807) is 6.07 Å². The van der Waals surface area contributed by atoms with Crippen molar-refractivity contribution in [3.8, 4) is 0 Å². The van der Waals surface area contributed by atoms with E-state index in [0.717, 1.165) is 30.6 Å². The molecule has 21 heavy (non-hydrogen) atoms. The summed E-state index contributed by atoms with van der Waals surface area (Å²) in [5.41, 5.74) is 7.38. The molecule has 0 radical (unpaired) electrons. The van der Waals surface area contributed by atoms with Crippen molar-refractivity contribution >= 4 is 28.9 Å². The Labute approximate surface area is 132 Å². The number of rotatable bonds is 7. The Morgan fingerprint density at radius 2 is 2.00 bits per heavy atom. The van der Waals surface area contributed by atoms with Gasteiger partial charge in [0, 0.05) is 31.7 Å². The Kier molecular flexibility index (Phi) is 6.99. The molecule has 0 heterocycles. The number of carbonyl (C=O) groups excluding carboxylic acids is 1. The highest BCUT2D eigenvalue weighted by atomic mass is 35.5. The summed E-state index contributed by atoms with van der Waals surface area (Å²) < 4.78 is 0. The van der Waals surface area contributed by atoms with Crippen LogP contribution in [-0.2, 0) is 4.79 Å². The fraction of sp³-hybridized carbons (Fsp3) is 0.562. The minimum Gasteiger partial charge on any atom is -0.376 e. The van der Waals surface area contributed by atoms with Crippen LogP contribution in [0.3, 0.4) is 0 Å². The highest BCUT2D eigenvalue weighted by molar-refractivity contribution is 6.33. The van der Waals surface area contributed by atoms with Crippen molar-refractivity contribution in [3.05, 3.63) is 23.2 Å². The van der Waals surface area contributed by atoms with Crippen molar-refractivity contribution < 1.29 is 4.79 Å². The number of hydrogen-bond donors (Lipinski definition) is 2.